The lowest BCUT2D eigenvalue weighted by Crippen LogP contribution is -2.24. The molecule has 26 heavy (non-hydrogen) atoms. The molecule has 0 saturated heterocycles. The van der Waals surface area contributed by atoms with Crippen LogP contribution in [-0.2, 0) is 10.0 Å². The van der Waals surface area contributed by atoms with Crippen molar-refractivity contribution in [3.8, 4) is 0 Å². The summed E-state index contributed by atoms with van der Waals surface area (Å²) in [5, 5.41) is 3.28. The van der Waals surface area contributed by atoms with Gasteiger partial charge in [0.1, 0.15) is 0 Å². The third-order valence-corrected chi connectivity index (χ3v) is 5.68. The second kappa shape index (κ2) is 9.05. The molecule has 0 fully saturated rings. The lowest BCUT2D eigenvalue weighted by molar-refractivity contribution is 0.0952. The summed E-state index contributed by atoms with van der Waals surface area (Å²) >= 11 is 6.04. The van der Waals surface area contributed by atoms with E-state index in [2.05, 4.69) is 17.0 Å². The minimum Gasteiger partial charge on any atom is -0.352 e. The third kappa shape index (κ3) is 5.47. The number of aryl methyl sites for hydroxylation is 1. The van der Waals surface area contributed by atoms with Crippen molar-refractivity contribution in [2.75, 3.05) is 11.3 Å². The van der Waals surface area contributed by atoms with Crippen molar-refractivity contribution >= 4 is 33.2 Å². The number of rotatable bonds is 8. The van der Waals surface area contributed by atoms with Gasteiger partial charge in [-0.3, -0.25) is 9.52 Å². The van der Waals surface area contributed by atoms with Crippen LogP contribution in [0.3, 0.4) is 0 Å². The normalized spacial score (nSPS) is 11.2. The van der Waals surface area contributed by atoms with E-state index in [-0.39, 0.29) is 10.8 Å². The number of sulfonamides is 1. The summed E-state index contributed by atoms with van der Waals surface area (Å²) in [6.45, 7) is 4.50. The zero-order valence-corrected chi connectivity index (χ0v) is 16.5. The molecule has 140 valence electrons. The molecular formula is C19H23ClN2O3S. The van der Waals surface area contributed by atoms with Gasteiger partial charge in [-0.2, -0.15) is 0 Å². The molecule has 0 aliphatic heterocycles. The quantitative estimate of drug-likeness (QED) is 0.653. The fourth-order valence-corrected chi connectivity index (χ4v) is 3.63. The Morgan fingerprint density at radius 1 is 1.12 bits per heavy atom. The Morgan fingerprint density at radius 3 is 2.58 bits per heavy atom. The van der Waals surface area contributed by atoms with Crippen LogP contribution in [0.25, 0.3) is 0 Å². The molecular weight excluding hydrogens is 372 g/mol. The Labute approximate surface area is 159 Å². The monoisotopic (exact) mass is 394 g/mol. The molecule has 0 radical (unpaired) electrons. The van der Waals surface area contributed by atoms with Gasteiger partial charge in [0.2, 0.25) is 0 Å². The molecule has 0 atom stereocenters. The number of halogens is 1. The molecule has 0 spiro atoms. The molecule has 1 amide bonds. The predicted octanol–water partition coefficient (Wildman–Crippen LogP) is 4.37. The molecule has 2 N–H and O–H groups in total. The lowest BCUT2D eigenvalue weighted by atomic mass is 10.2. The van der Waals surface area contributed by atoms with Gasteiger partial charge < -0.3 is 5.32 Å². The summed E-state index contributed by atoms with van der Waals surface area (Å²) in [4.78, 5) is 12.2. The van der Waals surface area contributed by atoms with Gasteiger partial charge in [0.15, 0.2) is 0 Å². The number of carbonyl (C=O) groups is 1. The topological polar surface area (TPSA) is 75.3 Å². The fraction of sp³-hybridized carbons (Fsp3) is 0.316. The maximum absolute atomic E-state index is 12.6. The van der Waals surface area contributed by atoms with Crippen LogP contribution in [0.1, 0.15) is 42.1 Å². The maximum Gasteiger partial charge on any atom is 0.261 e. The molecule has 7 heteroatoms. The van der Waals surface area contributed by atoms with Crippen molar-refractivity contribution in [1.29, 1.82) is 0 Å². The van der Waals surface area contributed by atoms with Gasteiger partial charge in [0, 0.05) is 17.1 Å². The van der Waals surface area contributed by atoms with Gasteiger partial charge >= 0.3 is 0 Å². The standard InChI is InChI=1S/C19H23ClN2O3S/c1-3-4-5-11-21-19(23)15-7-6-8-17(12-15)26(24,25)22-16-10-9-14(2)18(20)13-16/h6-10,12-13,22H,3-5,11H2,1-2H3,(H,21,23). The highest BCUT2D eigenvalue weighted by Gasteiger charge is 2.17. The molecule has 0 aromatic heterocycles. The Kier molecular flexibility index (Phi) is 7.06. The van der Waals surface area contributed by atoms with Crippen LogP contribution in [0.15, 0.2) is 47.4 Å². The smallest absolute Gasteiger partial charge is 0.261 e. The van der Waals surface area contributed by atoms with Crippen molar-refractivity contribution in [1.82, 2.24) is 5.32 Å². The molecule has 0 aliphatic rings. The predicted molar refractivity (Wildman–Crippen MR) is 105 cm³/mol. The molecule has 0 aliphatic carbocycles. The van der Waals surface area contributed by atoms with Gasteiger partial charge in [0.25, 0.3) is 15.9 Å². The van der Waals surface area contributed by atoms with E-state index in [1.165, 1.54) is 12.1 Å². The Morgan fingerprint density at radius 2 is 1.88 bits per heavy atom. The molecule has 5 nitrogen and oxygen atoms in total. The molecule has 0 heterocycles. The molecule has 0 unspecified atom stereocenters. The molecule has 2 aromatic carbocycles. The number of hydrogen-bond acceptors (Lipinski definition) is 3. The maximum atomic E-state index is 12.6. The van der Waals surface area contributed by atoms with Crippen LogP contribution in [-0.4, -0.2) is 20.9 Å². The first-order chi connectivity index (χ1) is 12.3. The number of hydrogen-bond donors (Lipinski definition) is 2. The van der Waals surface area contributed by atoms with Crippen molar-refractivity contribution in [3.63, 3.8) is 0 Å². The van der Waals surface area contributed by atoms with Gasteiger partial charge in [-0.15, -0.1) is 0 Å². The van der Waals surface area contributed by atoms with Gasteiger partial charge in [-0.1, -0.05) is 43.5 Å². The van der Waals surface area contributed by atoms with Crippen LogP contribution in [0.2, 0.25) is 5.02 Å². The van der Waals surface area contributed by atoms with Crippen LogP contribution in [0, 0.1) is 6.92 Å². The number of carbonyl (C=O) groups excluding carboxylic acids is 1. The SMILES string of the molecule is CCCCCNC(=O)c1cccc(S(=O)(=O)Nc2ccc(C)c(Cl)c2)c1. The number of unbranched alkanes of at least 4 members (excludes halogenated alkanes) is 2. The summed E-state index contributed by atoms with van der Waals surface area (Å²) in [6.07, 6.45) is 3.01. The van der Waals surface area contributed by atoms with Crippen LogP contribution < -0.4 is 10.0 Å². The molecule has 0 saturated carbocycles. The summed E-state index contributed by atoms with van der Waals surface area (Å²) in [6, 6.07) is 10.9. The number of anilines is 1. The van der Waals surface area contributed by atoms with Crippen molar-refractivity contribution in [3.05, 3.63) is 58.6 Å². The van der Waals surface area contributed by atoms with Crippen LogP contribution >= 0.6 is 11.6 Å². The highest BCUT2D eigenvalue weighted by Crippen LogP contribution is 2.23. The average Bonchev–Trinajstić information content (AvgIpc) is 2.61. The van der Waals surface area contributed by atoms with Crippen LogP contribution in [0.4, 0.5) is 5.69 Å². The minimum atomic E-state index is -3.82. The van der Waals surface area contributed by atoms with E-state index in [4.69, 9.17) is 11.6 Å². The van der Waals surface area contributed by atoms with E-state index in [0.717, 1.165) is 24.8 Å². The number of amides is 1. The fourth-order valence-electron chi connectivity index (χ4n) is 2.35. The summed E-state index contributed by atoms with van der Waals surface area (Å²) in [7, 11) is -3.82. The largest absolute Gasteiger partial charge is 0.352 e. The Balaban J connectivity index is 2.14. The van der Waals surface area contributed by atoms with Gasteiger partial charge in [-0.25, -0.2) is 8.42 Å². The zero-order chi connectivity index (χ0) is 19.2. The second-order valence-electron chi connectivity index (χ2n) is 6.06. The summed E-state index contributed by atoms with van der Waals surface area (Å²) < 4.78 is 27.7. The zero-order valence-electron chi connectivity index (χ0n) is 14.9. The average molecular weight is 395 g/mol. The highest BCUT2D eigenvalue weighted by molar-refractivity contribution is 7.92. The molecule has 2 rings (SSSR count). The first-order valence-electron chi connectivity index (χ1n) is 8.50. The van der Waals surface area contributed by atoms with Crippen molar-refractivity contribution in [2.24, 2.45) is 0 Å². The molecule has 2 aromatic rings. The number of benzene rings is 2. The Bertz CT molecular complexity index is 882. The number of nitrogens with one attached hydrogen (secondary N) is 2. The lowest BCUT2D eigenvalue weighted by Gasteiger charge is -2.11. The summed E-state index contributed by atoms with van der Waals surface area (Å²) in [5.74, 6) is -0.281. The van der Waals surface area contributed by atoms with E-state index < -0.39 is 10.0 Å². The van der Waals surface area contributed by atoms with Crippen molar-refractivity contribution < 1.29 is 13.2 Å². The molecule has 0 bridgehead atoms. The van der Waals surface area contributed by atoms with E-state index in [1.807, 2.05) is 6.92 Å². The second-order valence-corrected chi connectivity index (χ2v) is 8.15. The third-order valence-electron chi connectivity index (χ3n) is 3.90. The summed E-state index contributed by atoms with van der Waals surface area (Å²) in [5.41, 5.74) is 1.54. The first kappa shape index (κ1) is 20.3. The van der Waals surface area contributed by atoms with Gasteiger partial charge in [0.05, 0.1) is 10.6 Å². The minimum absolute atomic E-state index is 0.0235. The Hall–Kier alpha value is -2.05. The van der Waals surface area contributed by atoms with E-state index in [9.17, 15) is 13.2 Å². The van der Waals surface area contributed by atoms with Gasteiger partial charge in [-0.05, 0) is 49.2 Å². The van der Waals surface area contributed by atoms with E-state index in [1.54, 1.807) is 30.3 Å². The first-order valence-corrected chi connectivity index (χ1v) is 10.4. The van der Waals surface area contributed by atoms with Crippen LogP contribution in [0.5, 0.6) is 0 Å². The highest BCUT2D eigenvalue weighted by atomic mass is 35.5. The van der Waals surface area contributed by atoms with E-state index in [0.29, 0.717) is 22.8 Å². The van der Waals surface area contributed by atoms with E-state index >= 15 is 0 Å². The van der Waals surface area contributed by atoms with Crippen molar-refractivity contribution in [2.45, 2.75) is 38.0 Å².